The predicted octanol–water partition coefficient (Wildman–Crippen LogP) is 3.26. The number of nitro groups is 1. The highest BCUT2D eigenvalue weighted by Crippen LogP contribution is 2.20. The molecule has 3 aromatic rings. The summed E-state index contributed by atoms with van der Waals surface area (Å²) in [6.45, 7) is 3.90. The molecule has 0 bridgehead atoms. The number of carbonyl (C=O) groups is 1. The summed E-state index contributed by atoms with van der Waals surface area (Å²) in [5.41, 5.74) is 1.98. The second-order valence-corrected chi connectivity index (χ2v) is 6.19. The van der Waals surface area contributed by atoms with E-state index in [2.05, 4.69) is 19.2 Å². The fraction of sp³-hybridized carbons (Fsp3) is 0.222. The SMILES string of the molecule is CC(C)c1ccc(NC(=O)Cn2c(=O)oc3cc([N+](=O)[O-])ccc32)cc1. The number of benzene rings is 2. The average molecular weight is 355 g/mol. The molecule has 8 nitrogen and oxygen atoms in total. The Morgan fingerprint density at radius 1 is 1.23 bits per heavy atom. The standard InChI is InChI=1S/C18H17N3O5/c1-11(2)12-3-5-13(6-4-12)19-17(22)10-20-15-8-7-14(21(24)25)9-16(15)26-18(20)23/h3-9,11H,10H2,1-2H3,(H,19,22). The van der Waals surface area contributed by atoms with E-state index in [0.717, 1.165) is 16.2 Å². The van der Waals surface area contributed by atoms with Gasteiger partial charge in [-0.05, 0) is 29.7 Å². The molecule has 0 saturated carbocycles. The van der Waals surface area contributed by atoms with Crippen LogP contribution in [0.15, 0.2) is 51.7 Å². The lowest BCUT2D eigenvalue weighted by molar-refractivity contribution is -0.384. The van der Waals surface area contributed by atoms with Crippen LogP contribution >= 0.6 is 0 Å². The van der Waals surface area contributed by atoms with E-state index in [9.17, 15) is 19.7 Å². The first-order valence-electron chi connectivity index (χ1n) is 8.03. The van der Waals surface area contributed by atoms with Crippen LogP contribution in [-0.4, -0.2) is 15.4 Å². The van der Waals surface area contributed by atoms with Gasteiger partial charge in [-0.1, -0.05) is 26.0 Å². The van der Waals surface area contributed by atoms with E-state index in [1.807, 2.05) is 12.1 Å². The summed E-state index contributed by atoms with van der Waals surface area (Å²) in [6, 6.07) is 11.3. The van der Waals surface area contributed by atoms with Gasteiger partial charge in [0, 0.05) is 11.8 Å². The van der Waals surface area contributed by atoms with Gasteiger partial charge in [0.05, 0.1) is 16.5 Å². The van der Waals surface area contributed by atoms with E-state index >= 15 is 0 Å². The Morgan fingerprint density at radius 3 is 2.54 bits per heavy atom. The topological polar surface area (TPSA) is 107 Å². The molecular weight excluding hydrogens is 338 g/mol. The van der Waals surface area contributed by atoms with Gasteiger partial charge in [-0.2, -0.15) is 0 Å². The van der Waals surface area contributed by atoms with Crippen molar-refractivity contribution in [1.29, 1.82) is 0 Å². The number of nitrogens with zero attached hydrogens (tertiary/aromatic N) is 2. The van der Waals surface area contributed by atoms with E-state index in [0.29, 0.717) is 17.1 Å². The zero-order chi connectivity index (χ0) is 18.8. The zero-order valence-electron chi connectivity index (χ0n) is 14.3. The van der Waals surface area contributed by atoms with E-state index in [4.69, 9.17) is 4.42 Å². The molecule has 2 aromatic carbocycles. The van der Waals surface area contributed by atoms with Crippen molar-refractivity contribution in [3.8, 4) is 0 Å². The number of hydrogen-bond acceptors (Lipinski definition) is 5. The summed E-state index contributed by atoms with van der Waals surface area (Å²) in [4.78, 5) is 34.4. The zero-order valence-corrected chi connectivity index (χ0v) is 14.3. The monoisotopic (exact) mass is 355 g/mol. The molecule has 0 radical (unpaired) electrons. The van der Waals surface area contributed by atoms with Gasteiger partial charge in [0.15, 0.2) is 5.58 Å². The van der Waals surface area contributed by atoms with Crippen molar-refractivity contribution in [3.05, 3.63) is 68.7 Å². The molecule has 3 rings (SSSR count). The lowest BCUT2D eigenvalue weighted by atomic mass is 10.0. The van der Waals surface area contributed by atoms with Gasteiger partial charge in [-0.25, -0.2) is 4.79 Å². The summed E-state index contributed by atoms with van der Waals surface area (Å²) in [5.74, 6) is -0.754. The third-order valence-corrected chi connectivity index (χ3v) is 4.03. The Hall–Kier alpha value is -3.42. The van der Waals surface area contributed by atoms with Crippen LogP contribution in [0.3, 0.4) is 0 Å². The lowest BCUT2D eigenvalue weighted by Gasteiger charge is -2.08. The maximum absolute atomic E-state index is 12.2. The van der Waals surface area contributed by atoms with Crippen molar-refractivity contribution in [2.75, 3.05) is 5.32 Å². The molecule has 1 aromatic heterocycles. The lowest BCUT2D eigenvalue weighted by Crippen LogP contribution is -2.24. The minimum absolute atomic E-state index is 0.0679. The maximum Gasteiger partial charge on any atom is 0.420 e. The summed E-state index contributed by atoms with van der Waals surface area (Å²) in [6.07, 6.45) is 0. The fourth-order valence-electron chi connectivity index (χ4n) is 2.61. The van der Waals surface area contributed by atoms with Crippen molar-refractivity contribution in [2.45, 2.75) is 26.3 Å². The van der Waals surface area contributed by atoms with E-state index in [1.165, 1.54) is 12.1 Å². The Morgan fingerprint density at radius 2 is 1.92 bits per heavy atom. The number of amides is 1. The highest BCUT2D eigenvalue weighted by Gasteiger charge is 2.16. The van der Waals surface area contributed by atoms with Crippen molar-refractivity contribution < 1.29 is 14.1 Å². The minimum Gasteiger partial charge on any atom is -0.407 e. The van der Waals surface area contributed by atoms with Gasteiger partial charge >= 0.3 is 5.76 Å². The first-order valence-corrected chi connectivity index (χ1v) is 8.03. The van der Waals surface area contributed by atoms with Gasteiger partial charge in [-0.3, -0.25) is 19.5 Å². The number of oxazole rings is 1. The molecule has 0 unspecified atom stereocenters. The molecule has 0 aliphatic heterocycles. The molecule has 8 heteroatoms. The molecule has 0 fully saturated rings. The van der Waals surface area contributed by atoms with Crippen molar-refractivity contribution in [3.63, 3.8) is 0 Å². The number of anilines is 1. The molecule has 0 aliphatic carbocycles. The van der Waals surface area contributed by atoms with Crippen LogP contribution in [-0.2, 0) is 11.3 Å². The largest absolute Gasteiger partial charge is 0.420 e. The normalized spacial score (nSPS) is 11.0. The maximum atomic E-state index is 12.2. The van der Waals surface area contributed by atoms with Crippen LogP contribution in [0.2, 0.25) is 0 Å². The summed E-state index contributed by atoms with van der Waals surface area (Å²) in [7, 11) is 0. The van der Waals surface area contributed by atoms with Crippen molar-refractivity contribution >= 4 is 28.4 Å². The van der Waals surface area contributed by atoms with Crippen LogP contribution in [0.4, 0.5) is 11.4 Å². The van der Waals surface area contributed by atoms with Crippen LogP contribution in [0, 0.1) is 10.1 Å². The third-order valence-electron chi connectivity index (χ3n) is 4.03. The Bertz CT molecular complexity index is 1030. The predicted molar refractivity (Wildman–Crippen MR) is 96.3 cm³/mol. The number of fused-ring (bicyclic) bond motifs is 1. The number of nitrogens with one attached hydrogen (secondary N) is 1. The average Bonchev–Trinajstić information content (AvgIpc) is 2.90. The molecule has 134 valence electrons. The minimum atomic E-state index is -0.745. The molecule has 1 N–H and O–H groups in total. The summed E-state index contributed by atoms with van der Waals surface area (Å²) < 4.78 is 6.14. The van der Waals surface area contributed by atoms with Gasteiger partial charge in [-0.15, -0.1) is 0 Å². The smallest absolute Gasteiger partial charge is 0.407 e. The molecule has 0 atom stereocenters. The Balaban J connectivity index is 1.79. The molecular formula is C18H17N3O5. The molecule has 0 aliphatic rings. The van der Waals surface area contributed by atoms with Crippen LogP contribution in [0.25, 0.3) is 11.1 Å². The van der Waals surface area contributed by atoms with E-state index < -0.39 is 16.6 Å². The number of rotatable bonds is 5. The van der Waals surface area contributed by atoms with Crippen molar-refractivity contribution in [2.24, 2.45) is 0 Å². The number of nitro benzene ring substituents is 1. The molecule has 1 heterocycles. The molecule has 26 heavy (non-hydrogen) atoms. The highest BCUT2D eigenvalue weighted by molar-refractivity contribution is 5.91. The Kier molecular flexibility index (Phi) is 4.57. The van der Waals surface area contributed by atoms with Gasteiger partial charge in [0.2, 0.25) is 5.91 Å². The fourth-order valence-corrected chi connectivity index (χ4v) is 2.61. The molecule has 0 spiro atoms. The van der Waals surface area contributed by atoms with Crippen LogP contribution in [0.5, 0.6) is 0 Å². The third kappa shape index (κ3) is 3.49. The van der Waals surface area contributed by atoms with Gasteiger partial charge in [0.1, 0.15) is 6.54 Å². The number of carbonyl (C=O) groups excluding carboxylic acids is 1. The molecule has 1 amide bonds. The van der Waals surface area contributed by atoms with E-state index in [-0.39, 0.29) is 17.8 Å². The van der Waals surface area contributed by atoms with E-state index in [1.54, 1.807) is 12.1 Å². The quantitative estimate of drug-likeness (QED) is 0.558. The van der Waals surface area contributed by atoms with Gasteiger partial charge in [0.25, 0.3) is 5.69 Å². The first kappa shape index (κ1) is 17.4. The highest BCUT2D eigenvalue weighted by atomic mass is 16.6. The van der Waals surface area contributed by atoms with Gasteiger partial charge < -0.3 is 9.73 Å². The van der Waals surface area contributed by atoms with Crippen LogP contribution < -0.4 is 11.1 Å². The summed E-state index contributed by atoms with van der Waals surface area (Å²) >= 11 is 0. The second-order valence-electron chi connectivity index (χ2n) is 6.19. The number of aromatic nitrogens is 1. The Labute approximate surface area is 148 Å². The summed E-state index contributed by atoms with van der Waals surface area (Å²) in [5, 5.41) is 13.5. The number of hydrogen-bond donors (Lipinski definition) is 1. The van der Waals surface area contributed by atoms with Crippen LogP contribution in [0.1, 0.15) is 25.3 Å². The first-order chi connectivity index (χ1) is 12.3. The second kappa shape index (κ2) is 6.83. The number of non-ortho nitro benzene ring substituents is 1. The van der Waals surface area contributed by atoms with Crippen molar-refractivity contribution in [1.82, 2.24) is 4.57 Å². The molecule has 0 saturated heterocycles.